The molecule has 0 aliphatic heterocycles. The number of halogens is 1. The molecule has 0 aromatic carbocycles. The van der Waals surface area contributed by atoms with E-state index in [1.165, 1.54) is 19.1 Å². The largest absolute Gasteiger partial charge is 0.392 e. The van der Waals surface area contributed by atoms with Gasteiger partial charge in [-0.3, -0.25) is 0 Å². The summed E-state index contributed by atoms with van der Waals surface area (Å²) in [4.78, 5) is 3.68. The van der Waals surface area contributed by atoms with Crippen molar-refractivity contribution in [3.8, 4) is 0 Å². The molecule has 0 radical (unpaired) electrons. The molecule has 0 saturated heterocycles. The van der Waals surface area contributed by atoms with Gasteiger partial charge in [0.15, 0.2) is 0 Å². The number of sulfonamides is 1. The number of nitrogens with zero attached hydrogens (tertiary/aromatic N) is 1. The molecule has 7 heteroatoms. The number of nitrogens with one attached hydrogen (secondary N) is 1. The first kappa shape index (κ1) is 12.4. The van der Waals surface area contributed by atoms with Gasteiger partial charge in [0.1, 0.15) is 10.0 Å². The fourth-order valence-electron chi connectivity index (χ4n) is 0.835. The Morgan fingerprint density at radius 3 is 2.73 bits per heavy atom. The van der Waals surface area contributed by atoms with Crippen molar-refractivity contribution in [2.45, 2.75) is 17.9 Å². The van der Waals surface area contributed by atoms with Crippen LogP contribution in [0.5, 0.6) is 0 Å². The minimum Gasteiger partial charge on any atom is -0.392 e. The maximum atomic E-state index is 11.5. The van der Waals surface area contributed by atoms with Crippen LogP contribution in [0.4, 0.5) is 0 Å². The van der Waals surface area contributed by atoms with Crippen molar-refractivity contribution < 1.29 is 13.5 Å². The number of aliphatic hydroxyl groups excluding tert-OH is 1. The molecule has 0 aliphatic rings. The first-order chi connectivity index (χ1) is 6.92. The summed E-state index contributed by atoms with van der Waals surface area (Å²) in [5.41, 5.74) is 0. The van der Waals surface area contributed by atoms with Crippen molar-refractivity contribution in [2.24, 2.45) is 0 Å². The lowest BCUT2D eigenvalue weighted by molar-refractivity contribution is 0.198. The van der Waals surface area contributed by atoms with Crippen LogP contribution in [-0.2, 0) is 10.0 Å². The number of aromatic nitrogens is 1. The van der Waals surface area contributed by atoms with Gasteiger partial charge >= 0.3 is 0 Å². The predicted molar refractivity (Wildman–Crippen MR) is 56.1 cm³/mol. The van der Waals surface area contributed by atoms with Crippen molar-refractivity contribution in [3.63, 3.8) is 0 Å². The number of rotatable bonds is 4. The van der Waals surface area contributed by atoms with E-state index in [4.69, 9.17) is 16.7 Å². The second-order valence-electron chi connectivity index (χ2n) is 3.02. The highest BCUT2D eigenvalue weighted by molar-refractivity contribution is 7.89. The van der Waals surface area contributed by atoms with Gasteiger partial charge in [-0.15, -0.1) is 0 Å². The molecule has 0 unspecified atom stereocenters. The molecule has 2 N–H and O–H groups in total. The number of aliphatic hydroxyl groups is 1. The Kier molecular flexibility index (Phi) is 4.04. The summed E-state index contributed by atoms with van der Waals surface area (Å²) in [6, 6.07) is 2.73. The highest BCUT2D eigenvalue weighted by Gasteiger charge is 2.14. The molecule has 0 aliphatic carbocycles. The number of pyridine rings is 1. The summed E-state index contributed by atoms with van der Waals surface area (Å²) in [5, 5.41) is 9.17. The molecular formula is C8H11ClN2O3S. The second-order valence-corrected chi connectivity index (χ2v) is 5.17. The van der Waals surface area contributed by atoms with Crippen LogP contribution in [0.15, 0.2) is 23.2 Å². The van der Waals surface area contributed by atoms with Gasteiger partial charge in [-0.1, -0.05) is 11.6 Å². The Balaban J connectivity index is 2.82. The van der Waals surface area contributed by atoms with E-state index in [1.54, 1.807) is 0 Å². The van der Waals surface area contributed by atoms with Gasteiger partial charge in [-0.2, -0.15) is 0 Å². The van der Waals surface area contributed by atoms with Gasteiger partial charge < -0.3 is 5.11 Å². The molecule has 1 atom stereocenters. The molecule has 0 saturated carbocycles. The van der Waals surface area contributed by atoms with Crippen LogP contribution in [0.25, 0.3) is 0 Å². The summed E-state index contributed by atoms with van der Waals surface area (Å²) >= 11 is 5.52. The minimum atomic E-state index is -3.60. The second kappa shape index (κ2) is 4.89. The van der Waals surface area contributed by atoms with Crippen LogP contribution in [0, 0.1) is 0 Å². The molecule has 1 aromatic rings. The average molecular weight is 251 g/mol. The van der Waals surface area contributed by atoms with Gasteiger partial charge in [0.05, 0.1) is 6.10 Å². The topological polar surface area (TPSA) is 79.3 Å². The quantitative estimate of drug-likeness (QED) is 0.758. The summed E-state index contributed by atoms with van der Waals surface area (Å²) in [5.74, 6) is 0. The van der Waals surface area contributed by atoms with Crippen molar-refractivity contribution in [1.82, 2.24) is 9.71 Å². The molecule has 0 bridgehead atoms. The van der Waals surface area contributed by atoms with E-state index in [9.17, 15) is 8.42 Å². The van der Waals surface area contributed by atoms with Crippen LogP contribution in [0.1, 0.15) is 6.92 Å². The Labute approximate surface area is 93.2 Å². The zero-order valence-electron chi connectivity index (χ0n) is 8.01. The van der Waals surface area contributed by atoms with E-state index in [0.29, 0.717) is 0 Å². The Morgan fingerprint density at radius 2 is 2.27 bits per heavy atom. The van der Waals surface area contributed by atoms with Crippen LogP contribution in [-0.4, -0.2) is 31.2 Å². The molecule has 15 heavy (non-hydrogen) atoms. The zero-order valence-corrected chi connectivity index (χ0v) is 9.59. The number of hydrogen-bond acceptors (Lipinski definition) is 4. The Morgan fingerprint density at radius 1 is 1.60 bits per heavy atom. The van der Waals surface area contributed by atoms with Crippen molar-refractivity contribution in [2.75, 3.05) is 6.54 Å². The van der Waals surface area contributed by atoms with E-state index in [1.807, 2.05) is 0 Å². The van der Waals surface area contributed by atoms with E-state index in [2.05, 4.69) is 9.71 Å². The first-order valence-electron chi connectivity index (χ1n) is 4.21. The third-order valence-corrected chi connectivity index (χ3v) is 3.21. The fraction of sp³-hybridized carbons (Fsp3) is 0.375. The summed E-state index contributed by atoms with van der Waals surface area (Å²) in [6.07, 6.45) is 0.423. The molecular weight excluding hydrogens is 240 g/mol. The summed E-state index contributed by atoms with van der Waals surface area (Å²) in [7, 11) is -3.60. The van der Waals surface area contributed by atoms with Crippen LogP contribution in [0.2, 0.25) is 5.15 Å². The maximum absolute atomic E-state index is 11.5. The lowest BCUT2D eigenvalue weighted by Gasteiger charge is -2.07. The van der Waals surface area contributed by atoms with Crippen molar-refractivity contribution in [1.29, 1.82) is 0 Å². The van der Waals surface area contributed by atoms with Crippen molar-refractivity contribution >= 4 is 21.6 Å². The molecule has 0 fully saturated rings. The molecule has 0 amide bonds. The highest BCUT2D eigenvalue weighted by Crippen LogP contribution is 2.10. The molecule has 1 heterocycles. The van der Waals surface area contributed by atoms with E-state index in [0.717, 1.165) is 6.20 Å². The third kappa shape index (κ3) is 3.75. The van der Waals surface area contributed by atoms with Gasteiger partial charge in [-0.05, 0) is 19.1 Å². The first-order valence-corrected chi connectivity index (χ1v) is 6.07. The SMILES string of the molecule is C[C@@H](O)CNS(=O)(=O)c1ccc(Cl)nc1. The monoisotopic (exact) mass is 250 g/mol. The van der Waals surface area contributed by atoms with E-state index in [-0.39, 0.29) is 16.6 Å². The van der Waals surface area contributed by atoms with Gasteiger partial charge in [-0.25, -0.2) is 18.1 Å². The fourth-order valence-corrected chi connectivity index (χ4v) is 2.01. The van der Waals surface area contributed by atoms with Gasteiger partial charge in [0.2, 0.25) is 10.0 Å². The van der Waals surface area contributed by atoms with Gasteiger partial charge in [0.25, 0.3) is 0 Å². The highest BCUT2D eigenvalue weighted by atomic mass is 35.5. The summed E-state index contributed by atoms with van der Waals surface area (Å²) < 4.78 is 25.3. The standard InChI is InChI=1S/C8H11ClN2O3S/c1-6(12)4-11-15(13,14)7-2-3-8(9)10-5-7/h2-3,5-6,11-12H,4H2,1H3/t6-/m1/s1. The van der Waals surface area contributed by atoms with Crippen LogP contribution >= 0.6 is 11.6 Å². The van der Waals surface area contributed by atoms with Crippen LogP contribution < -0.4 is 4.72 Å². The van der Waals surface area contributed by atoms with E-state index < -0.39 is 16.1 Å². The Hall–Kier alpha value is -0.690. The molecule has 84 valence electrons. The summed E-state index contributed by atoms with van der Waals surface area (Å²) in [6.45, 7) is 1.45. The number of hydrogen-bond donors (Lipinski definition) is 2. The lowest BCUT2D eigenvalue weighted by Crippen LogP contribution is -2.30. The zero-order chi connectivity index (χ0) is 11.5. The average Bonchev–Trinajstić information content (AvgIpc) is 2.16. The van der Waals surface area contributed by atoms with E-state index >= 15 is 0 Å². The van der Waals surface area contributed by atoms with Crippen molar-refractivity contribution in [3.05, 3.63) is 23.5 Å². The lowest BCUT2D eigenvalue weighted by atomic mass is 10.4. The molecule has 0 spiro atoms. The predicted octanol–water partition coefficient (Wildman–Crippen LogP) is 0.394. The third-order valence-electron chi connectivity index (χ3n) is 1.58. The normalized spacial score (nSPS) is 13.8. The molecule has 5 nitrogen and oxygen atoms in total. The maximum Gasteiger partial charge on any atom is 0.242 e. The molecule has 1 aromatic heterocycles. The Bertz CT molecular complexity index is 416. The molecule has 1 rings (SSSR count). The minimum absolute atomic E-state index is 0.0209. The van der Waals surface area contributed by atoms with Gasteiger partial charge in [0, 0.05) is 12.7 Å². The van der Waals surface area contributed by atoms with Crippen LogP contribution in [0.3, 0.4) is 0 Å². The smallest absolute Gasteiger partial charge is 0.242 e.